The zero-order valence-electron chi connectivity index (χ0n) is 26.3. The molecular weight excluding hydrogens is 552 g/mol. The molecule has 0 spiro atoms. The Morgan fingerprint density at radius 1 is 1.00 bits per heavy atom. The van der Waals surface area contributed by atoms with Crippen LogP contribution in [0, 0.1) is 0 Å². The van der Waals surface area contributed by atoms with Gasteiger partial charge in [-0.2, -0.15) is 0 Å². The van der Waals surface area contributed by atoms with Crippen molar-refractivity contribution in [1.29, 1.82) is 0 Å². The Labute approximate surface area is 253 Å². The van der Waals surface area contributed by atoms with E-state index in [0.717, 1.165) is 5.56 Å². The molecule has 1 saturated heterocycles. The number of hydrogen-bond donors (Lipinski definition) is 1. The van der Waals surface area contributed by atoms with Gasteiger partial charge in [0.1, 0.15) is 23.2 Å². The van der Waals surface area contributed by atoms with Crippen molar-refractivity contribution in [2.24, 2.45) is 0 Å². The average Bonchev–Trinajstić information content (AvgIpc) is 2.97. The largest absolute Gasteiger partial charge is 0.460 e. The molecular formula is C31H44N6O6. The molecule has 1 fully saturated rings. The third-order valence-electron chi connectivity index (χ3n) is 6.89. The molecule has 0 aliphatic carbocycles. The Hall–Kier alpha value is -4.22. The number of esters is 1. The van der Waals surface area contributed by atoms with Crippen LogP contribution in [0.25, 0.3) is 11.4 Å². The van der Waals surface area contributed by atoms with Crippen molar-refractivity contribution < 1.29 is 28.7 Å². The first-order chi connectivity index (χ1) is 20.3. The molecule has 0 saturated carbocycles. The van der Waals surface area contributed by atoms with Crippen LogP contribution in [0.5, 0.6) is 0 Å². The molecule has 1 aliphatic rings. The van der Waals surface area contributed by atoms with Crippen LogP contribution in [0.1, 0.15) is 64.9 Å². The van der Waals surface area contributed by atoms with Crippen LogP contribution in [-0.2, 0) is 19.1 Å². The van der Waals surface area contributed by atoms with Gasteiger partial charge in [0.05, 0.1) is 6.61 Å². The minimum atomic E-state index is -1.02. The molecule has 3 rings (SSSR count). The van der Waals surface area contributed by atoms with Gasteiger partial charge < -0.3 is 29.5 Å². The van der Waals surface area contributed by atoms with E-state index in [1.165, 1.54) is 0 Å². The van der Waals surface area contributed by atoms with Crippen molar-refractivity contribution in [3.63, 3.8) is 0 Å². The lowest BCUT2D eigenvalue weighted by atomic mass is 10.1. The summed E-state index contributed by atoms with van der Waals surface area (Å²) in [5, 5.41) is 2.82. The third kappa shape index (κ3) is 9.65. The van der Waals surface area contributed by atoms with Gasteiger partial charge in [-0.25, -0.2) is 14.8 Å². The van der Waals surface area contributed by atoms with Crippen molar-refractivity contribution in [2.45, 2.75) is 72.1 Å². The van der Waals surface area contributed by atoms with E-state index in [2.05, 4.69) is 15.3 Å². The number of carbonyl (C=O) groups is 4. The number of rotatable bonds is 10. The molecule has 12 heteroatoms. The second-order valence-electron chi connectivity index (χ2n) is 11.7. The number of hydrogen-bond acceptors (Lipinski definition) is 9. The van der Waals surface area contributed by atoms with E-state index in [1.807, 2.05) is 56.1 Å². The van der Waals surface area contributed by atoms with Crippen molar-refractivity contribution >= 4 is 29.7 Å². The quantitative estimate of drug-likeness (QED) is 0.409. The van der Waals surface area contributed by atoms with Crippen LogP contribution in [0.4, 0.5) is 10.6 Å². The van der Waals surface area contributed by atoms with Crippen LogP contribution in [0.15, 0.2) is 36.4 Å². The van der Waals surface area contributed by atoms with Gasteiger partial charge in [-0.05, 0) is 48.0 Å². The lowest BCUT2D eigenvalue weighted by Gasteiger charge is -2.36. The predicted molar refractivity (Wildman–Crippen MR) is 163 cm³/mol. The highest BCUT2D eigenvalue weighted by Crippen LogP contribution is 2.21. The van der Waals surface area contributed by atoms with E-state index in [1.54, 1.807) is 43.6 Å². The van der Waals surface area contributed by atoms with E-state index in [4.69, 9.17) is 9.47 Å². The molecule has 2 heterocycles. The van der Waals surface area contributed by atoms with Gasteiger partial charge in [0, 0.05) is 57.3 Å². The summed E-state index contributed by atoms with van der Waals surface area (Å²) in [6.45, 7) is 12.5. The van der Waals surface area contributed by atoms with Crippen molar-refractivity contribution in [3.8, 4) is 11.4 Å². The van der Waals surface area contributed by atoms with Crippen molar-refractivity contribution in [3.05, 3.63) is 42.1 Å². The number of nitrogens with one attached hydrogen (secondary N) is 1. The highest BCUT2D eigenvalue weighted by molar-refractivity contribution is 5.97. The van der Waals surface area contributed by atoms with Gasteiger partial charge >= 0.3 is 12.1 Å². The molecule has 1 aromatic heterocycles. The smallest absolute Gasteiger partial charge is 0.409 e. The maximum atomic E-state index is 13.7. The monoisotopic (exact) mass is 596 g/mol. The molecule has 3 amide bonds. The number of piperazine rings is 1. The SMILES string of the molecule is CCOC(=O)N1CCN(C(=O)[C@H](CCC(=O)OC(C)(C)C)NC(=O)c2cc(N(C)C(C)C)nc(-c3ccccc3)n2)CC1. The summed E-state index contributed by atoms with van der Waals surface area (Å²) in [6.07, 6.45) is -0.464. The van der Waals surface area contributed by atoms with E-state index in [9.17, 15) is 19.2 Å². The molecule has 43 heavy (non-hydrogen) atoms. The molecule has 1 atom stereocenters. The zero-order valence-corrected chi connectivity index (χ0v) is 26.3. The van der Waals surface area contributed by atoms with E-state index in [0.29, 0.717) is 24.7 Å². The highest BCUT2D eigenvalue weighted by Gasteiger charge is 2.32. The number of aromatic nitrogens is 2. The van der Waals surface area contributed by atoms with Crippen LogP contribution < -0.4 is 10.2 Å². The Morgan fingerprint density at radius 2 is 1.63 bits per heavy atom. The first-order valence-corrected chi connectivity index (χ1v) is 14.7. The molecule has 234 valence electrons. The van der Waals surface area contributed by atoms with E-state index >= 15 is 0 Å². The molecule has 2 aromatic rings. The summed E-state index contributed by atoms with van der Waals surface area (Å²) in [6, 6.07) is 10.0. The van der Waals surface area contributed by atoms with E-state index < -0.39 is 29.6 Å². The molecule has 0 radical (unpaired) electrons. The summed E-state index contributed by atoms with van der Waals surface area (Å²) >= 11 is 0. The number of benzene rings is 1. The fourth-order valence-electron chi connectivity index (χ4n) is 4.40. The average molecular weight is 597 g/mol. The highest BCUT2D eigenvalue weighted by atomic mass is 16.6. The van der Waals surface area contributed by atoms with Gasteiger partial charge in [-0.1, -0.05) is 30.3 Å². The molecule has 1 aliphatic heterocycles. The van der Waals surface area contributed by atoms with E-state index in [-0.39, 0.29) is 50.2 Å². The molecule has 1 N–H and O–H groups in total. The minimum absolute atomic E-state index is 0.0347. The third-order valence-corrected chi connectivity index (χ3v) is 6.89. The fourth-order valence-corrected chi connectivity index (χ4v) is 4.40. The van der Waals surface area contributed by atoms with Crippen molar-refractivity contribution in [2.75, 3.05) is 44.7 Å². The number of carbonyl (C=O) groups excluding carboxylic acids is 4. The Morgan fingerprint density at radius 3 is 2.21 bits per heavy atom. The molecule has 1 aromatic carbocycles. The first kappa shape index (κ1) is 33.3. The first-order valence-electron chi connectivity index (χ1n) is 14.7. The summed E-state index contributed by atoms with van der Waals surface area (Å²) in [7, 11) is 1.88. The Bertz CT molecular complexity index is 1270. The second-order valence-corrected chi connectivity index (χ2v) is 11.7. The fraction of sp³-hybridized carbons (Fsp3) is 0.548. The Kier molecular flexibility index (Phi) is 11.4. The lowest BCUT2D eigenvalue weighted by Crippen LogP contribution is -2.56. The van der Waals surface area contributed by atoms with Gasteiger partial charge in [-0.3, -0.25) is 14.4 Å². The predicted octanol–water partition coefficient (Wildman–Crippen LogP) is 3.51. The molecule has 12 nitrogen and oxygen atoms in total. The number of ether oxygens (including phenoxy) is 2. The number of amides is 3. The number of nitrogens with zero attached hydrogens (tertiary/aromatic N) is 5. The summed E-state index contributed by atoms with van der Waals surface area (Å²) < 4.78 is 10.5. The van der Waals surface area contributed by atoms with Crippen molar-refractivity contribution in [1.82, 2.24) is 25.1 Å². The van der Waals surface area contributed by atoms with Crippen LogP contribution in [-0.4, -0.2) is 101 Å². The Balaban J connectivity index is 1.86. The van der Waals surface area contributed by atoms with Crippen LogP contribution in [0.2, 0.25) is 0 Å². The lowest BCUT2D eigenvalue weighted by molar-refractivity contribution is -0.155. The second kappa shape index (κ2) is 14.8. The van der Waals surface area contributed by atoms with Crippen LogP contribution in [0.3, 0.4) is 0 Å². The normalized spacial score (nSPS) is 14.2. The molecule has 0 bridgehead atoms. The standard InChI is InChI=1S/C31H44N6O6/c1-8-42-30(41)37-18-16-36(17-19-37)29(40)23(14-15-26(38)43-31(4,5)6)33-28(39)24-20-25(35(7)21(2)3)34-27(32-24)22-12-10-9-11-13-22/h9-13,20-21,23H,8,14-19H2,1-7H3,(H,33,39)/t23-/m0/s1. The van der Waals surface area contributed by atoms with Gasteiger partial charge in [-0.15, -0.1) is 0 Å². The maximum absolute atomic E-state index is 13.7. The number of anilines is 1. The summed E-state index contributed by atoms with van der Waals surface area (Å²) in [5.74, 6) is -0.452. The summed E-state index contributed by atoms with van der Waals surface area (Å²) in [4.78, 5) is 66.3. The maximum Gasteiger partial charge on any atom is 0.409 e. The van der Waals surface area contributed by atoms with Gasteiger partial charge in [0.15, 0.2) is 5.82 Å². The van der Waals surface area contributed by atoms with Crippen LogP contribution >= 0.6 is 0 Å². The minimum Gasteiger partial charge on any atom is -0.460 e. The van der Waals surface area contributed by atoms with Gasteiger partial charge in [0.2, 0.25) is 5.91 Å². The summed E-state index contributed by atoms with van der Waals surface area (Å²) in [5.41, 5.74) is 0.155. The zero-order chi connectivity index (χ0) is 31.7. The van der Waals surface area contributed by atoms with Gasteiger partial charge in [0.25, 0.3) is 5.91 Å². The molecule has 0 unspecified atom stereocenters. The topological polar surface area (TPSA) is 134 Å².